The molecule has 0 spiro atoms. The number of carbonyl (C=O) groups excluding carboxylic acids is 2. The third-order valence-corrected chi connectivity index (χ3v) is 9.08. The predicted molar refractivity (Wildman–Crippen MR) is 171 cm³/mol. The predicted octanol–water partition coefficient (Wildman–Crippen LogP) is 6.85. The molecule has 3 N–H and O–H groups in total. The zero-order valence-electron chi connectivity index (χ0n) is 25.9. The lowest BCUT2D eigenvalue weighted by atomic mass is 9.69. The van der Waals surface area contributed by atoms with E-state index in [1.54, 1.807) is 47.5 Å². The number of nitrogens with zero attached hydrogens (tertiary/aromatic N) is 5. The van der Waals surface area contributed by atoms with Crippen molar-refractivity contribution in [3.63, 3.8) is 0 Å². The second-order valence-corrected chi connectivity index (χ2v) is 13.8. The van der Waals surface area contributed by atoms with Gasteiger partial charge in [-0.2, -0.15) is 19.0 Å². The molecule has 4 heterocycles. The Morgan fingerprint density at radius 1 is 1.19 bits per heavy atom. The summed E-state index contributed by atoms with van der Waals surface area (Å²) in [6, 6.07) is 11.6. The highest BCUT2D eigenvalue weighted by Gasteiger charge is 2.66. The third kappa shape index (κ3) is 5.32. The van der Waals surface area contributed by atoms with E-state index >= 15 is 0 Å². The number of aromatic nitrogens is 4. The molecule has 0 unspecified atom stereocenters. The zero-order chi connectivity index (χ0) is 33.2. The average Bonchev–Trinajstić information content (AvgIpc) is 3.39. The molecular weight excluding hydrogens is 630 g/mol. The van der Waals surface area contributed by atoms with Gasteiger partial charge in [0.2, 0.25) is 5.96 Å². The van der Waals surface area contributed by atoms with Crippen LogP contribution in [0.3, 0.4) is 0 Å². The Balaban J connectivity index is 1.30. The Morgan fingerprint density at radius 2 is 1.98 bits per heavy atom. The number of rotatable bonds is 9. The fourth-order valence-corrected chi connectivity index (χ4v) is 6.82. The number of hydrogen-bond acceptors (Lipinski definition) is 6. The van der Waals surface area contributed by atoms with Crippen molar-refractivity contribution in [1.29, 1.82) is 5.41 Å². The van der Waals surface area contributed by atoms with Gasteiger partial charge in [-0.05, 0) is 60.1 Å². The maximum Gasteiger partial charge on any atom is 0.407 e. The van der Waals surface area contributed by atoms with Crippen molar-refractivity contribution in [3.8, 4) is 22.4 Å². The number of guanidine groups is 1. The fraction of sp³-hybridized carbons (Fsp3) is 0.364. The van der Waals surface area contributed by atoms with E-state index in [-0.39, 0.29) is 29.9 Å². The Kier molecular flexibility index (Phi) is 7.34. The van der Waals surface area contributed by atoms with Gasteiger partial charge in [0.15, 0.2) is 5.54 Å². The summed E-state index contributed by atoms with van der Waals surface area (Å²) in [5, 5.41) is 23.4. The van der Waals surface area contributed by atoms with E-state index in [0.717, 1.165) is 18.4 Å². The first-order chi connectivity index (χ1) is 22.4. The highest BCUT2D eigenvalue weighted by molar-refractivity contribution is 6.33. The first-order valence-electron chi connectivity index (χ1n) is 15.3. The van der Waals surface area contributed by atoms with Crippen molar-refractivity contribution in [3.05, 3.63) is 77.2 Å². The van der Waals surface area contributed by atoms with Gasteiger partial charge < -0.3 is 10.1 Å². The molecule has 2 aliphatic heterocycles. The number of nitrogens with one attached hydrogen (secondary N) is 3. The summed E-state index contributed by atoms with van der Waals surface area (Å²) < 4.78 is 32.8. The molecule has 11 nitrogen and oxygen atoms in total. The molecule has 0 bridgehead atoms. The third-order valence-electron chi connectivity index (χ3n) is 8.75. The Labute approximate surface area is 274 Å². The van der Waals surface area contributed by atoms with Crippen LogP contribution in [-0.2, 0) is 15.1 Å². The normalized spacial score (nSPS) is 19.5. The van der Waals surface area contributed by atoms with Crippen molar-refractivity contribution < 1.29 is 23.1 Å². The minimum atomic E-state index is -2.78. The van der Waals surface area contributed by atoms with Gasteiger partial charge >= 0.3 is 12.6 Å². The molecule has 2 atom stereocenters. The Bertz CT molecular complexity index is 1880. The number of halogens is 3. The van der Waals surface area contributed by atoms with Crippen molar-refractivity contribution in [2.75, 3.05) is 11.5 Å². The standard InChI is InChI=1S/C33H33ClF2N8O3/c1-32(2,3)17-33-23-8-4-18(20-14-39-42(15-20)29(35)36)13-26(23)44(33)30(37)43(28(33)45)27(16-47-31(46)40-21-6-7-21)19-5-9-24(34)22(12-19)25-10-11-38-41-25/h4-5,8-15,21,27,29,37H,6-7,16-17H2,1-3H3,(H,38,41)(H,40,46)/t27-,33-/m1/s1. The van der Waals surface area contributed by atoms with E-state index in [9.17, 15) is 23.8 Å². The van der Waals surface area contributed by atoms with Gasteiger partial charge in [-0.15, -0.1) is 0 Å². The molecule has 2 amide bonds. The van der Waals surface area contributed by atoms with Crippen LogP contribution >= 0.6 is 11.6 Å². The molecule has 7 rings (SSSR count). The summed E-state index contributed by atoms with van der Waals surface area (Å²) in [6.07, 6.45) is 5.79. The smallest absolute Gasteiger partial charge is 0.407 e. The summed E-state index contributed by atoms with van der Waals surface area (Å²) in [6.45, 7) is 3.10. The molecule has 2 aromatic heterocycles. The average molecular weight is 663 g/mol. The molecule has 14 heteroatoms. The number of fused-ring (bicyclic) bond motifs is 4. The monoisotopic (exact) mass is 662 g/mol. The van der Waals surface area contributed by atoms with E-state index in [0.29, 0.717) is 49.8 Å². The highest BCUT2D eigenvalue weighted by Crippen LogP contribution is 2.59. The van der Waals surface area contributed by atoms with Gasteiger partial charge in [-0.25, -0.2) is 9.48 Å². The van der Waals surface area contributed by atoms with E-state index in [2.05, 4.69) is 20.6 Å². The summed E-state index contributed by atoms with van der Waals surface area (Å²) in [5.41, 5.74) is 2.84. The van der Waals surface area contributed by atoms with Crippen LogP contribution < -0.4 is 10.2 Å². The van der Waals surface area contributed by atoms with Crippen LogP contribution in [0.2, 0.25) is 5.02 Å². The molecule has 1 aliphatic carbocycles. The van der Waals surface area contributed by atoms with Crippen LogP contribution in [-0.4, -0.2) is 55.5 Å². The second-order valence-electron chi connectivity index (χ2n) is 13.4. The lowest BCUT2D eigenvalue weighted by molar-refractivity contribution is -0.134. The number of aromatic amines is 1. The second kappa shape index (κ2) is 11.2. The molecule has 3 aliphatic rings. The minimum absolute atomic E-state index is 0.0729. The summed E-state index contributed by atoms with van der Waals surface area (Å²) in [4.78, 5) is 30.7. The van der Waals surface area contributed by atoms with Gasteiger partial charge in [-0.3, -0.25) is 25.1 Å². The Hall–Kier alpha value is -4.78. The van der Waals surface area contributed by atoms with Crippen molar-refractivity contribution >= 4 is 35.2 Å². The number of ether oxygens (including phenoxy) is 1. The maximum atomic E-state index is 14.8. The number of alkyl halides is 2. The van der Waals surface area contributed by atoms with E-state index in [1.165, 1.54) is 17.3 Å². The number of hydrogen-bond donors (Lipinski definition) is 3. The van der Waals surface area contributed by atoms with Crippen molar-refractivity contribution in [1.82, 2.24) is 30.2 Å². The topological polar surface area (TPSA) is 132 Å². The van der Waals surface area contributed by atoms with Gasteiger partial charge in [0.25, 0.3) is 5.91 Å². The van der Waals surface area contributed by atoms with E-state index in [1.807, 2.05) is 26.8 Å². The molecule has 2 fully saturated rings. The summed E-state index contributed by atoms with van der Waals surface area (Å²) >= 11 is 6.58. The van der Waals surface area contributed by atoms with Crippen molar-refractivity contribution in [2.24, 2.45) is 5.41 Å². The fourth-order valence-electron chi connectivity index (χ4n) is 6.60. The number of carbonyl (C=O) groups is 2. The molecule has 244 valence electrons. The van der Waals surface area contributed by atoms with Crippen LogP contribution in [0.4, 0.5) is 19.3 Å². The van der Waals surface area contributed by atoms with Crippen molar-refractivity contribution in [2.45, 2.75) is 64.2 Å². The highest BCUT2D eigenvalue weighted by atomic mass is 35.5. The number of H-pyrrole nitrogens is 1. The van der Waals surface area contributed by atoms with Crippen LogP contribution in [0.15, 0.2) is 61.1 Å². The molecular formula is C33H33ClF2N8O3. The van der Waals surface area contributed by atoms with Crippen LogP contribution in [0.1, 0.15) is 63.8 Å². The SMILES string of the molecule is CC(C)(C)C[C@@]12C(=O)N([C@H](COC(=O)NC3CC3)c3ccc(Cl)c(-c4ccn[nH]4)c3)C(=N)N1c1cc(-c3cnn(C(F)F)c3)ccc12. The van der Waals surface area contributed by atoms with Gasteiger partial charge in [0.05, 0.1) is 23.6 Å². The van der Waals surface area contributed by atoms with E-state index < -0.39 is 24.2 Å². The maximum absolute atomic E-state index is 14.8. The number of amides is 2. The number of benzene rings is 2. The first-order valence-corrected chi connectivity index (χ1v) is 15.7. The number of anilines is 1. The quantitative estimate of drug-likeness (QED) is 0.180. The largest absolute Gasteiger partial charge is 0.447 e. The minimum Gasteiger partial charge on any atom is -0.447 e. The molecule has 47 heavy (non-hydrogen) atoms. The summed E-state index contributed by atoms with van der Waals surface area (Å²) in [5.74, 6) is -0.404. The van der Waals surface area contributed by atoms with Gasteiger partial charge in [-0.1, -0.05) is 50.6 Å². The van der Waals surface area contributed by atoms with Gasteiger partial charge in [0, 0.05) is 40.1 Å². The zero-order valence-corrected chi connectivity index (χ0v) is 26.7. The molecule has 0 radical (unpaired) electrons. The van der Waals surface area contributed by atoms with Crippen LogP contribution in [0.5, 0.6) is 0 Å². The first kappa shape index (κ1) is 30.9. The van der Waals surface area contributed by atoms with E-state index in [4.69, 9.17) is 16.3 Å². The van der Waals surface area contributed by atoms with Crippen LogP contribution in [0.25, 0.3) is 22.4 Å². The lowest BCUT2D eigenvalue weighted by Crippen LogP contribution is -2.57. The molecule has 2 aromatic carbocycles. The molecule has 1 saturated heterocycles. The Morgan fingerprint density at radius 3 is 2.64 bits per heavy atom. The number of alkyl carbamates (subject to hydrolysis) is 1. The lowest BCUT2D eigenvalue weighted by Gasteiger charge is -2.50. The molecule has 1 saturated carbocycles. The summed E-state index contributed by atoms with van der Waals surface area (Å²) in [7, 11) is 0. The molecule has 4 aromatic rings. The van der Waals surface area contributed by atoms with Gasteiger partial charge in [0.1, 0.15) is 6.61 Å². The van der Waals surface area contributed by atoms with Crippen LogP contribution in [0, 0.1) is 10.8 Å².